The van der Waals surface area contributed by atoms with E-state index in [4.69, 9.17) is 9.15 Å². The number of pyridine rings is 1. The molecule has 0 aliphatic heterocycles. The molecule has 0 aliphatic rings. The fraction of sp³-hybridized carbons (Fsp3) is 0.286. The second-order valence-corrected chi connectivity index (χ2v) is 6.57. The van der Waals surface area contributed by atoms with Crippen molar-refractivity contribution >= 4 is 16.9 Å². The van der Waals surface area contributed by atoms with Crippen molar-refractivity contribution < 1.29 is 13.9 Å². The van der Waals surface area contributed by atoms with Gasteiger partial charge in [-0.2, -0.15) is 0 Å². The number of nitrogens with zero attached hydrogens (tertiary/aromatic N) is 1. The van der Waals surface area contributed by atoms with Crippen molar-refractivity contribution in [2.45, 2.75) is 40.3 Å². The highest BCUT2D eigenvalue weighted by Crippen LogP contribution is 2.31. The summed E-state index contributed by atoms with van der Waals surface area (Å²) in [7, 11) is 0. The molecule has 0 saturated heterocycles. The minimum Gasteiger partial charge on any atom is -0.480 e. The van der Waals surface area contributed by atoms with E-state index >= 15 is 0 Å². The van der Waals surface area contributed by atoms with E-state index in [-0.39, 0.29) is 11.5 Å². The van der Waals surface area contributed by atoms with E-state index in [1.54, 1.807) is 26.1 Å². The Balaban J connectivity index is 1.84. The SMILES string of the molecule is Cc1cc(OC(C)C(=O)NCc2ccccn2)c2c(C)c(C)c(=O)oc2c1. The van der Waals surface area contributed by atoms with Gasteiger partial charge in [0.25, 0.3) is 5.91 Å². The lowest BCUT2D eigenvalue weighted by atomic mass is 10.0. The van der Waals surface area contributed by atoms with Gasteiger partial charge in [-0.05, 0) is 63.1 Å². The van der Waals surface area contributed by atoms with Crippen molar-refractivity contribution in [3.8, 4) is 5.75 Å². The Hall–Kier alpha value is -3.15. The third-order valence-corrected chi connectivity index (χ3v) is 4.50. The number of benzene rings is 1. The number of carbonyl (C=O) groups excluding carboxylic acids is 1. The van der Waals surface area contributed by atoms with Gasteiger partial charge in [0.2, 0.25) is 0 Å². The molecule has 2 heterocycles. The summed E-state index contributed by atoms with van der Waals surface area (Å²) in [5.41, 5.74) is 3.06. The van der Waals surface area contributed by atoms with Gasteiger partial charge in [-0.25, -0.2) is 4.79 Å². The molecule has 0 saturated carbocycles. The van der Waals surface area contributed by atoms with Gasteiger partial charge in [-0.15, -0.1) is 0 Å². The number of aromatic nitrogens is 1. The molecule has 2 aromatic heterocycles. The van der Waals surface area contributed by atoms with Gasteiger partial charge in [-0.3, -0.25) is 9.78 Å². The maximum absolute atomic E-state index is 12.4. The summed E-state index contributed by atoms with van der Waals surface area (Å²) < 4.78 is 11.3. The molecule has 0 spiro atoms. The average Bonchev–Trinajstić information content (AvgIpc) is 2.64. The molecule has 1 N–H and O–H groups in total. The van der Waals surface area contributed by atoms with E-state index in [0.29, 0.717) is 28.8 Å². The summed E-state index contributed by atoms with van der Waals surface area (Å²) >= 11 is 0. The van der Waals surface area contributed by atoms with E-state index in [1.165, 1.54) is 0 Å². The molecule has 1 aromatic carbocycles. The lowest BCUT2D eigenvalue weighted by molar-refractivity contribution is -0.127. The number of rotatable bonds is 5. The lowest BCUT2D eigenvalue weighted by Crippen LogP contribution is -2.36. The lowest BCUT2D eigenvalue weighted by Gasteiger charge is -2.17. The maximum Gasteiger partial charge on any atom is 0.339 e. The first-order chi connectivity index (χ1) is 12.9. The zero-order chi connectivity index (χ0) is 19.6. The van der Waals surface area contributed by atoms with Crippen LogP contribution in [0.25, 0.3) is 11.0 Å². The van der Waals surface area contributed by atoms with Crippen LogP contribution in [0.5, 0.6) is 5.75 Å². The van der Waals surface area contributed by atoms with E-state index in [2.05, 4.69) is 10.3 Å². The number of hydrogen-bond acceptors (Lipinski definition) is 5. The number of amides is 1. The Labute approximate surface area is 157 Å². The molecule has 0 bridgehead atoms. The first-order valence-corrected chi connectivity index (χ1v) is 8.75. The van der Waals surface area contributed by atoms with E-state index < -0.39 is 6.10 Å². The van der Waals surface area contributed by atoms with Crippen molar-refractivity contribution in [3.63, 3.8) is 0 Å². The van der Waals surface area contributed by atoms with Crippen LogP contribution >= 0.6 is 0 Å². The predicted octanol–water partition coefficient (Wildman–Crippen LogP) is 3.20. The smallest absolute Gasteiger partial charge is 0.339 e. The molecule has 0 fully saturated rings. The molecule has 1 atom stereocenters. The van der Waals surface area contributed by atoms with Crippen LogP contribution in [-0.4, -0.2) is 17.0 Å². The summed E-state index contributed by atoms with van der Waals surface area (Å²) in [6.45, 7) is 7.46. The summed E-state index contributed by atoms with van der Waals surface area (Å²) in [6.07, 6.45) is 0.962. The molecule has 6 nitrogen and oxygen atoms in total. The average molecular weight is 366 g/mol. The summed E-state index contributed by atoms with van der Waals surface area (Å²) in [5.74, 6) is 0.275. The van der Waals surface area contributed by atoms with Crippen LogP contribution in [0.4, 0.5) is 0 Å². The zero-order valence-corrected chi connectivity index (χ0v) is 15.8. The van der Waals surface area contributed by atoms with E-state index in [9.17, 15) is 9.59 Å². The van der Waals surface area contributed by atoms with Crippen LogP contribution in [0.3, 0.4) is 0 Å². The molecular formula is C21H22N2O4. The minimum absolute atomic E-state index is 0.248. The molecule has 0 radical (unpaired) electrons. The molecule has 140 valence electrons. The molecule has 1 amide bonds. The molecule has 1 unspecified atom stereocenters. The summed E-state index contributed by atoms with van der Waals surface area (Å²) in [5, 5.41) is 3.53. The molecule has 0 aliphatic carbocycles. The molecule has 6 heteroatoms. The summed E-state index contributed by atoms with van der Waals surface area (Å²) in [4.78, 5) is 28.5. The number of ether oxygens (including phenoxy) is 1. The Morgan fingerprint density at radius 2 is 2.00 bits per heavy atom. The fourth-order valence-corrected chi connectivity index (χ4v) is 2.85. The van der Waals surface area contributed by atoms with Gasteiger partial charge in [0.1, 0.15) is 11.3 Å². The second-order valence-electron chi connectivity index (χ2n) is 6.57. The van der Waals surface area contributed by atoms with Crippen LogP contribution in [0, 0.1) is 20.8 Å². The topological polar surface area (TPSA) is 81.4 Å². The van der Waals surface area contributed by atoms with Crippen molar-refractivity contribution in [1.82, 2.24) is 10.3 Å². The quantitative estimate of drug-likeness (QED) is 0.701. The van der Waals surface area contributed by atoms with Crippen molar-refractivity contribution in [2.75, 3.05) is 0 Å². The third-order valence-electron chi connectivity index (χ3n) is 4.50. The van der Waals surface area contributed by atoms with Crippen LogP contribution in [0.1, 0.15) is 29.3 Å². The molecule has 3 rings (SSSR count). The van der Waals surface area contributed by atoms with Gasteiger partial charge in [0, 0.05) is 11.8 Å². The highest BCUT2D eigenvalue weighted by molar-refractivity contribution is 5.89. The van der Waals surface area contributed by atoms with E-state index in [1.807, 2.05) is 38.1 Å². The summed E-state index contributed by atoms with van der Waals surface area (Å²) in [6, 6.07) is 9.17. The largest absolute Gasteiger partial charge is 0.480 e. The van der Waals surface area contributed by atoms with E-state index in [0.717, 1.165) is 16.8 Å². The number of nitrogens with one attached hydrogen (secondary N) is 1. The van der Waals surface area contributed by atoms with Crippen LogP contribution in [0.2, 0.25) is 0 Å². The Morgan fingerprint density at radius 1 is 1.22 bits per heavy atom. The van der Waals surface area contributed by atoms with Gasteiger partial charge < -0.3 is 14.5 Å². The third kappa shape index (κ3) is 4.00. The predicted molar refractivity (Wildman–Crippen MR) is 103 cm³/mol. The van der Waals surface area contributed by atoms with Gasteiger partial charge >= 0.3 is 5.63 Å². The highest BCUT2D eigenvalue weighted by atomic mass is 16.5. The van der Waals surface area contributed by atoms with Gasteiger partial charge in [0.05, 0.1) is 17.6 Å². The number of hydrogen-bond donors (Lipinski definition) is 1. The normalized spacial score (nSPS) is 12.0. The van der Waals surface area contributed by atoms with Crippen LogP contribution in [-0.2, 0) is 11.3 Å². The number of carbonyl (C=O) groups is 1. The van der Waals surface area contributed by atoms with Gasteiger partial charge in [0.15, 0.2) is 6.10 Å². The van der Waals surface area contributed by atoms with Crippen molar-refractivity contribution in [3.05, 3.63) is 69.3 Å². The first kappa shape index (κ1) is 18.6. The van der Waals surface area contributed by atoms with Crippen molar-refractivity contribution in [1.29, 1.82) is 0 Å². The maximum atomic E-state index is 12.4. The molecular weight excluding hydrogens is 344 g/mol. The zero-order valence-electron chi connectivity index (χ0n) is 15.8. The molecule has 3 aromatic rings. The van der Waals surface area contributed by atoms with Crippen LogP contribution in [0.15, 0.2) is 45.7 Å². The number of aryl methyl sites for hydroxylation is 2. The minimum atomic E-state index is -0.717. The second kappa shape index (κ2) is 7.61. The Bertz CT molecular complexity index is 1040. The number of fused-ring (bicyclic) bond motifs is 1. The van der Waals surface area contributed by atoms with Crippen LogP contribution < -0.4 is 15.7 Å². The van der Waals surface area contributed by atoms with Gasteiger partial charge in [-0.1, -0.05) is 6.07 Å². The monoisotopic (exact) mass is 366 g/mol. The standard InChI is InChI=1S/C21H22N2O4/c1-12-9-17(19-13(2)14(3)21(25)27-18(19)10-12)26-15(4)20(24)23-11-16-7-5-6-8-22-16/h5-10,15H,11H2,1-4H3,(H,23,24). The Morgan fingerprint density at radius 3 is 2.70 bits per heavy atom. The first-order valence-electron chi connectivity index (χ1n) is 8.75. The molecule has 27 heavy (non-hydrogen) atoms. The highest BCUT2D eigenvalue weighted by Gasteiger charge is 2.19. The fourth-order valence-electron chi connectivity index (χ4n) is 2.85. The van der Waals surface area contributed by atoms with Crippen molar-refractivity contribution in [2.24, 2.45) is 0 Å². The Kier molecular flexibility index (Phi) is 5.26.